The number of ketones is 1. The average molecular weight is 296 g/mol. The Morgan fingerprint density at radius 1 is 1.10 bits per heavy atom. The minimum absolute atomic E-state index is 0.313. The van der Waals surface area contributed by atoms with E-state index in [4.69, 9.17) is 4.74 Å². The van der Waals surface area contributed by atoms with Crippen LogP contribution in [0.1, 0.15) is 28.4 Å². The zero-order valence-electron chi connectivity index (χ0n) is 11.1. The van der Waals surface area contributed by atoms with Crippen LogP contribution in [-0.2, 0) is 0 Å². The van der Waals surface area contributed by atoms with Crippen molar-refractivity contribution in [3.8, 4) is 5.75 Å². The molecule has 1 rings (SSSR count). The lowest BCUT2D eigenvalue weighted by Gasteiger charge is -2.19. The van der Waals surface area contributed by atoms with E-state index in [1.165, 1.54) is 13.8 Å². The van der Waals surface area contributed by atoms with Gasteiger partial charge in [0.1, 0.15) is 5.75 Å². The Morgan fingerprint density at radius 2 is 1.55 bits per heavy atom. The SMILES string of the molecule is CCOc1c(C)cc(C(=O)C(F)(F)C(F)(F)F)cc1C. The molecule has 112 valence electrons. The lowest BCUT2D eigenvalue weighted by Crippen LogP contribution is -2.44. The topological polar surface area (TPSA) is 26.3 Å². The maximum Gasteiger partial charge on any atom is 0.461 e. The number of benzene rings is 1. The Labute approximate surface area is 112 Å². The fourth-order valence-electron chi connectivity index (χ4n) is 1.76. The first-order valence-electron chi connectivity index (χ1n) is 5.75. The Hall–Kier alpha value is -1.66. The number of Topliss-reactive ketones (excluding diaryl/α,β-unsaturated/α-hetero) is 1. The zero-order chi connectivity index (χ0) is 15.7. The number of carbonyl (C=O) groups is 1. The predicted molar refractivity (Wildman–Crippen MR) is 62.4 cm³/mol. The third kappa shape index (κ3) is 2.91. The predicted octanol–water partition coefficient (Wildman–Crippen LogP) is 4.08. The molecule has 0 fully saturated rings. The molecule has 0 radical (unpaired) electrons. The number of aryl methyl sites for hydroxylation is 2. The second-order valence-electron chi connectivity index (χ2n) is 4.27. The van der Waals surface area contributed by atoms with Crippen molar-refractivity contribution in [1.82, 2.24) is 0 Å². The highest BCUT2D eigenvalue weighted by molar-refractivity contribution is 6.02. The van der Waals surface area contributed by atoms with Crippen LogP contribution in [0, 0.1) is 13.8 Å². The van der Waals surface area contributed by atoms with E-state index in [0.717, 1.165) is 12.1 Å². The van der Waals surface area contributed by atoms with E-state index in [-0.39, 0.29) is 0 Å². The number of rotatable bonds is 4. The van der Waals surface area contributed by atoms with Gasteiger partial charge in [0.25, 0.3) is 0 Å². The number of carbonyl (C=O) groups excluding carboxylic acids is 1. The molecular weight excluding hydrogens is 283 g/mol. The molecular formula is C13H13F5O2. The Bertz CT molecular complexity index is 497. The number of ether oxygens (including phenoxy) is 1. The van der Waals surface area contributed by atoms with E-state index in [0.29, 0.717) is 23.5 Å². The van der Waals surface area contributed by atoms with Crippen molar-refractivity contribution >= 4 is 5.78 Å². The van der Waals surface area contributed by atoms with Gasteiger partial charge in [-0.25, -0.2) is 0 Å². The molecule has 0 unspecified atom stereocenters. The minimum atomic E-state index is -5.91. The van der Waals surface area contributed by atoms with Crippen LogP contribution in [0.4, 0.5) is 22.0 Å². The Balaban J connectivity index is 3.26. The Kier molecular flexibility index (Phi) is 4.41. The summed E-state index contributed by atoms with van der Waals surface area (Å²) in [7, 11) is 0. The van der Waals surface area contributed by atoms with Crippen LogP contribution in [0.15, 0.2) is 12.1 Å². The molecule has 0 atom stereocenters. The molecule has 0 aromatic heterocycles. The summed E-state index contributed by atoms with van der Waals surface area (Å²) in [6.07, 6.45) is -5.91. The van der Waals surface area contributed by atoms with Crippen molar-refractivity contribution in [3.05, 3.63) is 28.8 Å². The molecule has 1 aromatic rings. The molecule has 0 aliphatic carbocycles. The fraction of sp³-hybridized carbons (Fsp3) is 0.462. The van der Waals surface area contributed by atoms with Crippen LogP contribution >= 0.6 is 0 Å². The largest absolute Gasteiger partial charge is 0.493 e. The van der Waals surface area contributed by atoms with Gasteiger partial charge < -0.3 is 4.74 Å². The summed E-state index contributed by atoms with van der Waals surface area (Å²) in [6, 6.07) is 1.94. The molecule has 0 bridgehead atoms. The fourth-order valence-corrected chi connectivity index (χ4v) is 1.76. The second-order valence-corrected chi connectivity index (χ2v) is 4.27. The monoisotopic (exact) mass is 296 g/mol. The molecule has 0 saturated carbocycles. The second kappa shape index (κ2) is 5.38. The summed E-state index contributed by atoms with van der Waals surface area (Å²) in [5.74, 6) is -7.29. The highest BCUT2D eigenvalue weighted by Gasteiger charge is 2.63. The molecule has 1 aromatic carbocycles. The first-order chi connectivity index (χ1) is 9.02. The van der Waals surface area contributed by atoms with Gasteiger partial charge in [0.05, 0.1) is 6.61 Å². The first kappa shape index (κ1) is 16.4. The molecule has 20 heavy (non-hydrogen) atoms. The number of hydrogen-bond donors (Lipinski definition) is 0. The van der Waals surface area contributed by atoms with Crippen LogP contribution in [0.3, 0.4) is 0 Å². The lowest BCUT2D eigenvalue weighted by atomic mass is 9.99. The maximum atomic E-state index is 13.0. The molecule has 0 spiro atoms. The van der Waals surface area contributed by atoms with E-state index < -0.39 is 23.4 Å². The Morgan fingerprint density at radius 3 is 1.90 bits per heavy atom. The van der Waals surface area contributed by atoms with Crippen molar-refractivity contribution in [2.45, 2.75) is 32.9 Å². The van der Waals surface area contributed by atoms with Crippen LogP contribution in [0.5, 0.6) is 5.75 Å². The smallest absolute Gasteiger partial charge is 0.461 e. The molecule has 0 heterocycles. The molecule has 0 aliphatic rings. The summed E-state index contributed by atoms with van der Waals surface area (Å²) in [4.78, 5) is 11.4. The van der Waals surface area contributed by atoms with E-state index in [1.54, 1.807) is 6.92 Å². The number of hydrogen-bond acceptors (Lipinski definition) is 2. The standard InChI is InChI=1S/C13H13F5O2/c1-4-20-10-7(2)5-9(6-8(10)3)11(19)12(14,15)13(16,17)18/h5-6H,4H2,1-3H3. The third-order valence-corrected chi connectivity index (χ3v) is 2.65. The van der Waals surface area contributed by atoms with Crippen molar-refractivity contribution in [2.75, 3.05) is 6.61 Å². The van der Waals surface area contributed by atoms with Gasteiger partial charge in [-0.2, -0.15) is 22.0 Å². The van der Waals surface area contributed by atoms with Gasteiger partial charge in [-0.1, -0.05) is 0 Å². The summed E-state index contributed by atoms with van der Waals surface area (Å²) in [5, 5.41) is 0. The van der Waals surface area contributed by atoms with Crippen molar-refractivity contribution in [3.63, 3.8) is 0 Å². The highest BCUT2D eigenvalue weighted by atomic mass is 19.4. The van der Waals surface area contributed by atoms with E-state index in [1.807, 2.05) is 0 Å². The molecule has 0 aliphatic heterocycles. The summed E-state index contributed by atoms with van der Waals surface area (Å²) in [5.41, 5.74) is -0.0351. The minimum Gasteiger partial charge on any atom is -0.493 e. The normalized spacial score (nSPS) is 12.4. The average Bonchev–Trinajstić information content (AvgIpc) is 2.31. The highest BCUT2D eigenvalue weighted by Crippen LogP contribution is 2.38. The van der Waals surface area contributed by atoms with E-state index >= 15 is 0 Å². The zero-order valence-corrected chi connectivity index (χ0v) is 11.1. The van der Waals surface area contributed by atoms with Gasteiger partial charge in [-0.15, -0.1) is 0 Å². The van der Waals surface area contributed by atoms with Gasteiger partial charge in [-0.05, 0) is 44.0 Å². The maximum absolute atomic E-state index is 13.0. The van der Waals surface area contributed by atoms with Gasteiger partial charge in [0, 0.05) is 5.56 Å². The molecule has 2 nitrogen and oxygen atoms in total. The van der Waals surface area contributed by atoms with E-state index in [2.05, 4.69) is 0 Å². The van der Waals surface area contributed by atoms with Crippen LogP contribution in [0.25, 0.3) is 0 Å². The summed E-state index contributed by atoms with van der Waals surface area (Å²) < 4.78 is 67.8. The van der Waals surface area contributed by atoms with Crippen LogP contribution < -0.4 is 4.74 Å². The van der Waals surface area contributed by atoms with Crippen molar-refractivity contribution < 1.29 is 31.5 Å². The molecule has 0 saturated heterocycles. The number of halogens is 5. The lowest BCUT2D eigenvalue weighted by molar-refractivity contribution is -0.255. The molecule has 7 heteroatoms. The van der Waals surface area contributed by atoms with Crippen molar-refractivity contribution in [1.29, 1.82) is 0 Å². The van der Waals surface area contributed by atoms with Crippen LogP contribution in [0.2, 0.25) is 0 Å². The van der Waals surface area contributed by atoms with Gasteiger partial charge in [0.2, 0.25) is 5.78 Å². The van der Waals surface area contributed by atoms with Gasteiger partial charge in [-0.3, -0.25) is 4.79 Å². The van der Waals surface area contributed by atoms with Gasteiger partial charge in [0.15, 0.2) is 0 Å². The quantitative estimate of drug-likeness (QED) is 0.618. The summed E-state index contributed by atoms with van der Waals surface area (Å²) >= 11 is 0. The molecule has 0 N–H and O–H groups in total. The van der Waals surface area contributed by atoms with Crippen LogP contribution in [-0.4, -0.2) is 24.5 Å². The molecule has 0 amide bonds. The third-order valence-electron chi connectivity index (χ3n) is 2.65. The van der Waals surface area contributed by atoms with Crippen molar-refractivity contribution in [2.24, 2.45) is 0 Å². The first-order valence-corrected chi connectivity index (χ1v) is 5.75. The number of alkyl halides is 5. The van der Waals surface area contributed by atoms with E-state index in [9.17, 15) is 26.7 Å². The van der Waals surface area contributed by atoms with Gasteiger partial charge >= 0.3 is 12.1 Å². The summed E-state index contributed by atoms with van der Waals surface area (Å²) in [6.45, 7) is 4.96.